The highest BCUT2D eigenvalue weighted by Crippen LogP contribution is 2.37. The van der Waals surface area contributed by atoms with E-state index in [1.165, 1.54) is 31.4 Å². The van der Waals surface area contributed by atoms with Crippen molar-refractivity contribution >= 4 is 5.95 Å². The van der Waals surface area contributed by atoms with Gasteiger partial charge in [-0.25, -0.2) is 19.3 Å². The molecule has 162 valence electrons. The summed E-state index contributed by atoms with van der Waals surface area (Å²) in [5, 5.41) is 3.47. The third-order valence-electron chi connectivity index (χ3n) is 6.33. The number of nitrogens with one attached hydrogen (secondary N) is 1. The van der Waals surface area contributed by atoms with Gasteiger partial charge in [-0.2, -0.15) is 0 Å². The topological polar surface area (TPSA) is 64.9 Å². The lowest BCUT2D eigenvalue weighted by Crippen LogP contribution is -2.28. The molecule has 31 heavy (non-hydrogen) atoms. The van der Waals surface area contributed by atoms with Crippen LogP contribution < -0.4 is 5.32 Å². The summed E-state index contributed by atoms with van der Waals surface area (Å²) >= 11 is 0. The molecule has 0 atom stereocenters. The van der Waals surface area contributed by atoms with Gasteiger partial charge in [0.25, 0.3) is 0 Å². The molecule has 0 spiro atoms. The van der Waals surface area contributed by atoms with E-state index in [1.807, 2.05) is 12.4 Å². The molecule has 3 aromatic rings. The molecule has 5 rings (SSSR count). The zero-order valence-corrected chi connectivity index (χ0v) is 17.6. The second kappa shape index (κ2) is 9.14. The Hall–Kier alpha value is -2.80. The molecule has 6 nitrogen and oxygen atoms in total. The van der Waals surface area contributed by atoms with Crippen LogP contribution in [0.4, 0.5) is 10.3 Å². The first-order valence-corrected chi connectivity index (χ1v) is 11.3. The van der Waals surface area contributed by atoms with E-state index in [-0.39, 0.29) is 5.82 Å². The van der Waals surface area contributed by atoms with E-state index in [0.717, 1.165) is 61.5 Å². The van der Waals surface area contributed by atoms with Crippen LogP contribution in [0.15, 0.2) is 42.9 Å². The number of hydrogen-bond donors (Lipinski definition) is 1. The van der Waals surface area contributed by atoms with Crippen molar-refractivity contribution in [1.82, 2.24) is 19.5 Å². The van der Waals surface area contributed by atoms with Crippen LogP contribution in [0.5, 0.6) is 0 Å². The van der Waals surface area contributed by atoms with E-state index >= 15 is 0 Å². The van der Waals surface area contributed by atoms with Crippen molar-refractivity contribution in [2.75, 3.05) is 18.5 Å². The molecule has 2 aromatic heterocycles. The minimum Gasteiger partial charge on any atom is -0.381 e. The molecule has 0 radical (unpaired) electrons. The van der Waals surface area contributed by atoms with Gasteiger partial charge in [0, 0.05) is 37.1 Å². The summed E-state index contributed by atoms with van der Waals surface area (Å²) in [7, 11) is 0. The third-order valence-corrected chi connectivity index (χ3v) is 6.33. The highest BCUT2D eigenvalue weighted by atomic mass is 19.1. The lowest BCUT2D eigenvalue weighted by atomic mass is 9.95. The molecule has 2 aliphatic rings. The van der Waals surface area contributed by atoms with Crippen LogP contribution in [-0.4, -0.2) is 38.8 Å². The molecule has 0 unspecified atom stereocenters. The van der Waals surface area contributed by atoms with Gasteiger partial charge in [0.1, 0.15) is 5.82 Å². The average Bonchev–Trinajstić information content (AvgIpc) is 3.26. The van der Waals surface area contributed by atoms with Gasteiger partial charge in [-0.3, -0.25) is 0 Å². The largest absolute Gasteiger partial charge is 0.381 e. The molecule has 1 saturated carbocycles. The maximum Gasteiger partial charge on any atom is 0.223 e. The maximum atomic E-state index is 13.5. The molecule has 0 bridgehead atoms. The van der Waals surface area contributed by atoms with Gasteiger partial charge in [-0.1, -0.05) is 19.3 Å². The number of imidazole rings is 1. The highest BCUT2D eigenvalue weighted by molar-refractivity contribution is 5.77. The summed E-state index contributed by atoms with van der Waals surface area (Å²) in [6.07, 6.45) is 11.7. The van der Waals surface area contributed by atoms with Gasteiger partial charge in [0.05, 0.1) is 23.4 Å². The standard InChI is InChI=1S/C24H28FN5O/c25-18-8-6-17(7-9-18)22-23(30(16-27-22)20-4-2-1-3-5-20)21-10-13-26-24(29-21)28-19-11-14-31-15-12-19/h6-10,13,16,19-20H,1-5,11-12,14-15H2,(H,26,28,29). The Morgan fingerprint density at radius 1 is 0.935 bits per heavy atom. The molecule has 1 saturated heterocycles. The molecule has 3 heterocycles. The summed E-state index contributed by atoms with van der Waals surface area (Å²) in [5.74, 6) is 0.382. The molecule has 1 aliphatic heterocycles. The van der Waals surface area contributed by atoms with Gasteiger partial charge in [0.2, 0.25) is 5.95 Å². The fourth-order valence-electron chi connectivity index (χ4n) is 4.65. The summed E-state index contributed by atoms with van der Waals surface area (Å²) in [4.78, 5) is 14.1. The molecular weight excluding hydrogens is 393 g/mol. The first kappa shape index (κ1) is 20.1. The molecule has 1 aromatic carbocycles. The quantitative estimate of drug-likeness (QED) is 0.610. The van der Waals surface area contributed by atoms with Crippen molar-refractivity contribution in [2.45, 2.75) is 57.0 Å². The van der Waals surface area contributed by atoms with E-state index in [2.05, 4.69) is 14.9 Å². The number of aromatic nitrogens is 4. The van der Waals surface area contributed by atoms with Gasteiger partial charge < -0.3 is 14.6 Å². The summed E-state index contributed by atoms with van der Waals surface area (Å²) in [6, 6.07) is 9.21. The molecule has 2 fully saturated rings. The fourth-order valence-corrected chi connectivity index (χ4v) is 4.65. The van der Waals surface area contributed by atoms with E-state index < -0.39 is 0 Å². The Kier molecular flexibility index (Phi) is 5.93. The zero-order valence-electron chi connectivity index (χ0n) is 17.6. The highest BCUT2D eigenvalue weighted by Gasteiger charge is 2.24. The number of nitrogens with zero attached hydrogens (tertiary/aromatic N) is 4. The number of anilines is 1. The third kappa shape index (κ3) is 4.46. The summed E-state index contributed by atoms with van der Waals surface area (Å²) in [6.45, 7) is 1.53. The minimum atomic E-state index is -0.248. The van der Waals surface area contributed by atoms with Gasteiger partial charge in [-0.05, 0) is 56.0 Å². The molecule has 0 amide bonds. The van der Waals surface area contributed by atoms with Crippen LogP contribution in [0.1, 0.15) is 51.0 Å². The second-order valence-corrected chi connectivity index (χ2v) is 8.44. The second-order valence-electron chi connectivity index (χ2n) is 8.44. The van der Waals surface area contributed by atoms with E-state index in [1.54, 1.807) is 18.3 Å². The van der Waals surface area contributed by atoms with Crippen LogP contribution in [-0.2, 0) is 4.74 Å². The van der Waals surface area contributed by atoms with Crippen molar-refractivity contribution in [3.63, 3.8) is 0 Å². The number of rotatable bonds is 5. The smallest absolute Gasteiger partial charge is 0.223 e. The number of ether oxygens (including phenoxy) is 1. The Morgan fingerprint density at radius 3 is 2.48 bits per heavy atom. The van der Waals surface area contributed by atoms with Crippen LogP contribution in [0.25, 0.3) is 22.6 Å². The summed E-state index contributed by atoms with van der Waals surface area (Å²) in [5.41, 5.74) is 3.55. The van der Waals surface area contributed by atoms with Crippen LogP contribution in [0, 0.1) is 5.82 Å². The molecule has 7 heteroatoms. The van der Waals surface area contributed by atoms with Gasteiger partial charge >= 0.3 is 0 Å². The molecule has 1 aliphatic carbocycles. The van der Waals surface area contributed by atoms with Crippen LogP contribution in [0.3, 0.4) is 0 Å². The first-order chi connectivity index (χ1) is 15.3. The zero-order chi connectivity index (χ0) is 21.0. The van der Waals surface area contributed by atoms with E-state index in [4.69, 9.17) is 14.7 Å². The van der Waals surface area contributed by atoms with Crippen molar-refractivity contribution in [3.05, 3.63) is 48.7 Å². The van der Waals surface area contributed by atoms with Crippen molar-refractivity contribution in [3.8, 4) is 22.6 Å². The first-order valence-electron chi connectivity index (χ1n) is 11.3. The normalized spacial score (nSPS) is 18.2. The van der Waals surface area contributed by atoms with E-state index in [0.29, 0.717) is 18.0 Å². The molecular formula is C24H28FN5O. The Labute approximate surface area is 181 Å². The van der Waals surface area contributed by atoms with Gasteiger partial charge in [-0.15, -0.1) is 0 Å². The Balaban J connectivity index is 1.53. The van der Waals surface area contributed by atoms with Crippen molar-refractivity contribution < 1.29 is 9.13 Å². The number of benzene rings is 1. The monoisotopic (exact) mass is 421 g/mol. The number of halogens is 1. The SMILES string of the molecule is Fc1ccc(-c2ncn(C3CCCCC3)c2-c2ccnc(NC3CCOCC3)n2)cc1. The summed E-state index contributed by atoms with van der Waals surface area (Å²) < 4.78 is 21.3. The van der Waals surface area contributed by atoms with Crippen LogP contribution in [0.2, 0.25) is 0 Å². The number of hydrogen-bond acceptors (Lipinski definition) is 5. The predicted molar refractivity (Wildman–Crippen MR) is 118 cm³/mol. The minimum absolute atomic E-state index is 0.248. The van der Waals surface area contributed by atoms with Crippen LogP contribution >= 0.6 is 0 Å². The fraction of sp³-hybridized carbons (Fsp3) is 0.458. The van der Waals surface area contributed by atoms with Crippen molar-refractivity contribution in [2.24, 2.45) is 0 Å². The lowest BCUT2D eigenvalue weighted by Gasteiger charge is -2.25. The molecule has 1 N–H and O–H groups in total. The average molecular weight is 422 g/mol. The predicted octanol–water partition coefficient (Wildman–Crippen LogP) is 5.24. The maximum absolute atomic E-state index is 13.5. The van der Waals surface area contributed by atoms with E-state index in [9.17, 15) is 4.39 Å². The van der Waals surface area contributed by atoms with Crippen molar-refractivity contribution in [1.29, 1.82) is 0 Å². The Morgan fingerprint density at radius 2 is 1.71 bits per heavy atom. The lowest BCUT2D eigenvalue weighted by molar-refractivity contribution is 0.0903. The van der Waals surface area contributed by atoms with Gasteiger partial charge in [0.15, 0.2) is 0 Å². The Bertz CT molecular complexity index is 1010.